The molecule has 0 unspecified atom stereocenters. The quantitative estimate of drug-likeness (QED) is 0.333. The highest BCUT2D eigenvalue weighted by molar-refractivity contribution is 6.05. The van der Waals surface area contributed by atoms with E-state index in [-0.39, 0.29) is 11.7 Å². The van der Waals surface area contributed by atoms with E-state index in [1.807, 2.05) is 37.3 Å². The number of hydrogen-bond acceptors (Lipinski definition) is 5. The number of fused-ring (bicyclic) bond motifs is 1. The molecule has 1 aliphatic rings. The Balaban J connectivity index is 1.38. The summed E-state index contributed by atoms with van der Waals surface area (Å²) in [5, 5.41) is 3.78. The lowest BCUT2D eigenvalue weighted by molar-refractivity contribution is -0.111. The van der Waals surface area contributed by atoms with E-state index in [0.717, 1.165) is 65.3 Å². The molecule has 184 valence electrons. The van der Waals surface area contributed by atoms with Gasteiger partial charge in [-0.15, -0.1) is 0 Å². The molecule has 6 nitrogen and oxygen atoms in total. The van der Waals surface area contributed by atoms with Crippen molar-refractivity contribution in [2.24, 2.45) is 0 Å². The van der Waals surface area contributed by atoms with E-state index < -0.39 is 0 Å². The van der Waals surface area contributed by atoms with E-state index in [9.17, 15) is 9.18 Å². The Hall–Kier alpha value is -4.10. The molecule has 36 heavy (non-hydrogen) atoms. The van der Waals surface area contributed by atoms with E-state index in [0.29, 0.717) is 11.3 Å². The summed E-state index contributed by atoms with van der Waals surface area (Å²) in [6.07, 6.45) is 3.20. The lowest BCUT2D eigenvalue weighted by atomic mass is 9.99. The number of rotatable bonds is 6. The molecule has 7 heteroatoms. The van der Waals surface area contributed by atoms with Crippen molar-refractivity contribution >= 4 is 33.8 Å². The van der Waals surface area contributed by atoms with Gasteiger partial charge in [0, 0.05) is 53.1 Å². The summed E-state index contributed by atoms with van der Waals surface area (Å²) in [5.41, 5.74) is 5.66. The number of morpholine rings is 1. The Morgan fingerprint density at radius 2 is 1.78 bits per heavy atom. The summed E-state index contributed by atoms with van der Waals surface area (Å²) in [6.45, 7) is 5.03. The molecule has 1 aromatic heterocycles. The molecule has 2 heterocycles. The van der Waals surface area contributed by atoms with Gasteiger partial charge in [0.15, 0.2) is 0 Å². The molecule has 1 amide bonds. The van der Waals surface area contributed by atoms with Gasteiger partial charge >= 0.3 is 0 Å². The summed E-state index contributed by atoms with van der Waals surface area (Å²) in [5.74, 6) is 0.0630. The Morgan fingerprint density at radius 1 is 1.06 bits per heavy atom. The second-order valence-corrected chi connectivity index (χ2v) is 8.67. The highest BCUT2D eigenvalue weighted by atomic mass is 19.1. The number of methoxy groups -OCH3 is 1. The first-order valence-electron chi connectivity index (χ1n) is 11.8. The second-order valence-electron chi connectivity index (χ2n) is 8.67. The van der Waals surface area contributed by atoms with Crippen molar-refractivity contribution < 1.29 is 23.1 Å². The average Bonchev–Trinajstić information content (AvgIpc) is 3.32. The van der Waals surface area contributed by atoms with Gasteiger partial charge in [0.1, 0.15) is 17.1 Å². The van der Waals surface area contributed by atoms with Crippen LogP contribution in [-0.2, 0) is 9.53 Å². The summed E-state index contributed by atoms with van der Waals surface area (Å²) < 4.78 is 30.1. The van der Waals surface area contributed by atoms with Gasteiger partial charge in [-0.3, -0.25) is 4.79 Å². The van der Waals surface area contributed by atoms with E-state index in [1.165, 1.54) is 12.1 Å². The predicted molar refractivity (Wildman–Crippen MR) is 140 cm³/mol. The number of anilines is 2. The molecule has 0 aliphatic carbocycles. The minimum Gasteiger partial charge on any atom is -0.496 e. The summed E-state index contributed by atoms with van der Waals surface area (Å²) in [7, 11) is 1.58. The van der Waals surface area contributed by atoms with E-state index in [1.54, 1.807) is 37.6 Å². The van der Waals surface area contributed by atoms with Gasteiger partial charge in [0.2, 0.25) is 5.91 Å². The SMILES string of the molecule is COc1cc2occ(-c3ccc(F)cc3)c2cc1/C(C)=C/C(=O)Nc1ccc(N2CCOCC2)cc1. The Bertz CT molecular complexity index is 1400. The minimum atomic E-state index is -0.297. The topological polar surface area (TPSA) is 63.9 Å². The highest BCUT2D eigenvalue weighted by Gasteiger charge is 2.15. The van der Waals surface area contributed by atoms with Crippen LogP contribution in [0.15, 0.2) is 77.4 Å². The zero-order valence-corrected chi connectivity index (χ0v) is 20.2. The molecule has 4 aromatic rings. The third-order valence-electron chi connectivity index (χ3n) is 6.33. The van der Waals surface area contributed by atoms with Crippen molar-refractivity contribution in [3.63, 3.8) is 0 Å². The van der Waals surface area contributed by atoms with Gasteiger partial charge in [0.25, 0.3) is 0 Å². The number of allylic oxidation sites excluding steroid dienone is 1. The van der Waals surface area contributed by atoms with E-state index >= 15 is 0 Å². The van der Waals surface area contributed by atoms with Gasteiger partial charge in [-0.25, -0.2) is 4.39 Å². The van der Waals surface area contributed by atoms with Crippen LogP contribution in [0.4, 0.5) is 15.8 Å². The largest absolute Gasteiger partial charge is 0.496 e. The van der Waals surface area contributed by atoms with Crippen molar-refractivity contribution in [3.05, 3.63) is 84.4 Å². The average molecular weight is 487 g/mol. The molecule has 0 bridgehead atoms. The minimum absolute atomic E-state index is 0.236. The van der Waals surface area contributed by atoms with E-state index in [2.05, 4.69) is 10.2 Å². The maximum absolute atomic E-state index is 13.4. The Morgan fingerprint density at radius 3 is 2.47 bits per heavy atom. The first-order valence-corrected chi connectivity index (χ1v) is 11.8. The van der Waals surface area contributed by atoms with Crippen LogP contribution in [0.1, 0.15) is 12.5 Å². The van der Waals surface area contributed by atoms with Crippen LogP contribution in [0, 0.1) is 5.82 Å². The van der Waals surface area contributed by atoms with Crippen LogP contribution in [0.5, 0.6) is 5.75 Å². The Labute approximate surface area is 208 Å². The maximum atomic E-state index is 13.4. The second kappa shape index (κ2) is 10.3. The molecule has 1 saturated heterocycles. The van der Waals surface area contributed by atoms with Gasteiger partial charge in [-0.1, -0.05) is 12.1 Å². The zero-order valence-electron chi connectivity index (χ0n) is 20.2. The maximum Gasteiger partial charge on any atom is 0.248 e. The van der Waals surface area contributed by atoms with Crippen LogP contribution in [-0.4, -0.2) is 39.3 Å². The van der Waals surface area contributed by atoms with Crippen molar-refractivity contribution in [2.45, 2.75) is 6.92 Å². The summed E-state index contributed by atoms with van der Waals surface area (Å²) >= 11 is 0. The normalized spacial score (nSPS) is 14.2. The molecule has 0 saturated carbocycles. The van der Waals surface area contributed by atoms with Crippen LogP contribution in [0.25, 0.3) is 27.7 Å². The van der Waals surface area contributed by atoms with Gasteiger partial charge in [0.05, 0.1) is 26.6 Å². The highest BCUT2D eigenvalue weighted by Crippen LogP contribution is 2.37. The number of nitrogens with one attached hydrogen (secondary N) is 1. The molecule has 1 aliphatic heterocycles. The number of benzene rings is 3. The number of hydrogen-bond donors (Lipinski definition) is 1. The van der Waals surface area contributed by atoms with Crippen LogP contribution in [0.3, 0.4) is 0 Å². The summed E-state index contributed by atoms with van der Waals surface area (Å²) in [6, 6.07) is 17.8. The third-order valence-corrected chi connectivity index (χ3v) is 6.33. The standard InChI is InChI=1S/C29H27FN2O4/c1-19(15-29(33)31-22-7-9-23(10-8-22)32-11-13-35-14-12-32)24-16-25-26(20-3-5-21(30)6-4-20)18-36-28(25)17-27(24)34-2/h3-10,15-18H,11-14H2,1-2H3,(H,31,33)/b19-15+. The number of ether oxygens (including phenoxy) is 2. The molecular formula is C29H27FN2O4. The van der Waals surface area contributed by atoms with Crippen molar-refractivity contribution in [1.29, 1.82) is 0 Å². The number of nitrogens with zero attached hydrogens (tertiary/aromatic N) is 1. The van der Waals surface area contributed by atoms with Crippen molar-refractivity contribution in [3.8, 4) is 16.9 Å². The lowest BCUT2D eigenvalue weighted by Crippen LogP contribution is -2.36. The number of halogens is 1. The molecule has 0 radical (unpaired) electrons. The molecule has 0 spiro atoms. The van der Waals surface area contributed by atoms with Gasteiger partial charge in [-0.2, -0.15) is 0 Å². The van der Waals surface area contributed by atoms with E-state index in [4.69, 9.17) is 13.9 Å². The fraction of sp³-hybridized carbons (Fsp3) is 0.207. The molecule has 3 aromatic carbocycles. The predicted octanol–water partition coefficient (Wildman–Crippen LogP) is 6.13. The number of carbonyl (C=O) groups excluding carboxylic acids is 1. The lowest BCUT2D eigenvalue weighted by Gasteiger charge is -2.28. The van der Waals surface area contributed by atoms with Crippen LogP contribution < -0.4 is 15.0 Å². The third kappa shape index (κ3) is 4.97. The zero-order chi connectivity index (χ0) is 25.1. The number of amides is 1. The first kappa shape index (κ1) is 23.6. The fourth-order valence-electron chi connectivity index (χ4n) is 4.41. The molecular weight excluding hydrogens is 459 g/mol. The van der Waals surface area contributed by atoms with Crippen molar-refractivity contribution in [1.82, 2.24) is 0 Å². The number of carbonyl (C=O) groups is 1. The van der Waals surface area contributed by atoms with Gasteiger partial charge < -0.3 is 24.1 Å². The molecule has 0 atom stereocenters. The fourth-order valence-corrected chi connectivity index (χ4v) is 4.41. The Kier molecular flexibility index (Phi) is 6.73. The molecule has 5 rings (SSSR count). The van der Waals surface area contributed by atoms with Crippen molar-refractivity contribution in [2.75, 3.05) is 43.6 Å². The smallest absolute Gasteiger partial charge is 0.248 e. The van der Waals surface area contributed by atoms with Gasteiger partial charge in [-0.05, 0) is 60.5 Å². The van der Waals surface area contributed by atoms with Crippen LogP contribution >= 0.6 is 0 Å². The van der Waals surface area contributed by atoms with Crippen LogP contribution in [0.2, 0.25) is 0 Å². The molecule has 1 N–H and O–H groups in total. The monoisotopic (exact) mass is 486 g/mol. The number of furan rings is 1. The first-order chi connectivity index (χ1) is 17.5. The summed E-state index contributed by atoms with van der Waals surface area (Å²) in [4.78, 5) is 15.1. The molecule has 1 fully saturated rings.